The van der Waals surface area contributed by atoms with Crippen LogP contribution in [0.1, 0.15) is 13.3 Å². The molecular formula is C6H10O3. The van der Waals surface area contributed by atoms with Gasteiger partial charge in [0.05, 0.1) is 12.2 Å². The Kier molecular flexibility index (Phi) is 1.83. The van der Waals surface area contributed by atoms with Gasteiger partial charge >= 0.3 is 0 Å². The van der Waals surface area contributed by atoms with Crippen molar-refractivity contribution in [2.75, 3.05) is 0 Å². The molecule has 0 amide bonds. The van der Waals surface area contributed by atoms with Gasteiger partial charge in [-0.15, -0.1) is 0 Å². The Morgan fingerprint density at radius 1 is 1.89 bits per heavy atom. The predicted molar refractivity (Wildman–Crippen MR) is 31.0 cm³/mol. The molecule has 3 atom stereocenters. The summed E-state index contributed by atoms with van der Waals surface area (Å²) in [4.78, 5) is 9.86. The normalized spacial score (nSPS) is 35.8. The fourth-order valence-electron chi connectivity index (χ4n) is 0.865. The maximum atomic E-state index is 9.86. The molecule has 0 saturated carbocycles. The number of aldehydes is 1. The number of carbonyl (C=O) groups is 1. The molecule has 0 unspecified atom stereocenters. The molecule has 0 aromatic heterocycles. The number of hydrogen-bond acceptors (Lipinski definition) is 3. The van der Waals surface area contributed by atoms with E-state index in [4.69, 9.17) is 9.84 Å². The second-order valence-electron chi connectivity index (χ2n) is 2.28. The first kappa shape index (κ1) is 6.71. The van der Waals surface area contributed by atoms with E-state index in [0.717, 1.165) is 6.29 Å². The highest BCUT2D eigenvalue weighted by Gasteiger charge is 2.41. The summed E-state index contributed by atoms with van der Waals surface area (Å²) in [5.41, 5.74) is 0. The maximum absolute atomic E-state index is 9.86. The highest BCUT2D eigenvalue weighted by Crippen LogP contribution is 2.26. The number of ether oxygens (including phenoxy) is 1. The van der Waals surface area contributed by atoms with Crippen molar-refractivity contribution in [2.24, 2.45) is 0 Å². The van der Waals surface area contributed by atoms with Gasteiger partial charge < -0.3 is 14.6 Å². The van der Waals surface area contributed by atoms with E-state index in [-0.39, 0.29) is 12.2 Å². The van der Waals surface area contributed by atoms with E-state index in [1.807, 2.05) is 0 Å². The van der Waals surface area contributed by atoms with E-state index >= 15 is 0 Å². The van der Waals surface area contributed by atoms with Gasteiger partial charge in [0, 0.05) is 6.42 Å². The summed E-state index contributed by atoms with van der Waals surface area (Å²) in [6.45, 7) is 1.66. The lowest BCUT2D eigenvalue weighted by molar-refractivity contribution is -0.108. The van der Waals surface area contributed by atoms with E-state index in [0.29, 0.717) is 6.42 Å². The zero-order valence-corrected chi connectivity index (χ0v) is 5.28. The van der Waals surface area contributed by atoms with Gasteiger partial charge in [-0.3, -0.25) is 0 Å². The predicted octanol–water partition coefficient (Wildman–Crippen LogP) is -0.276. The SMILES string of the molecule is C[C@H](O)[C@@H]1O[C@@H]1CC=O. The average molecular weight is 130 g/mol. The first-order valence-corrected chi connectivity index (χ1v) is 3.03. The summed E-state index contributed by atoms with van der Waals surface area (Å²) in [5.74, 6) is 0. The molecule has 52 valence electrons. The largest absolute Gasteiger partial charge is 0.391 e. The zero-order chi connectivity index (χ0) is 6.85. The van der Waals surface area contributed by atoms with Gasteiger partial charge in [-0.05, 0) is 6.92 Å². The van der Waals surface area contributed by atoms with Crippen LogP contribution in [0.3, 0.4) is 0 Å². The van der Waals surface area contributed by atoms with E-state index in [9.17, 15) is 4.79 Å². The van der Waals surface area contributed by atoms with Gasteiger partial charge in [0.2, 0.25) is 0 Å². The molecule has 1 aliphatic heterocycles. The smallest absolute Gasteiger partial charge is 0.122 e. The fourth-order valence-corrected chi connectivity index (χ4v) is 0.865. The molecule has 0 spiro atoms. The quantitative estimate of drug-likeness (QED) is 0.422. The standard InChI is InChI=1S/C6H10O3/c1-4(8)6-5(9-6)2-3-7/h3-6,8H,2H2,1H3/t4-,5+,6-/m0/s1. The van der Waals surface area contributed by atoms with Crippen LogP contribution in [0.25, 0.3) is 0 Å². The van der Waals surface area contributed by atoms with E-state index < -0.39 is 6.10 Å². The fraction of sp³-hybridized carbons (Fsp3) is 0.833. The number of aliphatic hydroxyl groups is 1. The van der Waals surface area contributed by atoms with Crippen LogP contribution in [0.15, 0.2) is 0 Å². The Morgan fingerprint density at radius 2 is 2.56 bits per heavy atom. The zero-order valence-electron chi connectivity index (χ0n) is 5.28. The van der Waals surface area contributed by atoms with Gasteiger partial charge in [0.1, 0.15) is 12.4 Å². The molecule has 1 fully saturated rings. The van der Waals surface area contributed by atoms with Crippen molar-refractivity contribution in [3.05, 3.63) is 0 Å². The van der Waals surface area contributed by atoms with Crippen molar-refractivity contribution in [3.8, 4) is 0 Å². The molecule has 1 saturated heterocycles. The second kappa shape index (κ2) is 2.45. The summed E-state index contributed by atoms with van der Waals surface area (Å²) in [6.07, 6.45) is 0.690. The molecule has 1 N–H and O–H groups in total. The minimum absolute atomic E-state index is 0.0116. The Labute approximate surface area is 53.6 Å². The van der Waals surface area contributed by atoms with Crippen LogP contribution in [0.4, 0.5) is 0 Å². The van der Waals surface area contributed by atoms with Crippen LogP contribution in [0.2, 0.25) is 0 Å². The molecule has 0 aromatic rings. The minimum atomic E-state index is -0.435. The number of hydrogen-bond donors (Lipinski definition) is 1. The van der Waals surface area contributed by atoms with Crippen molar-refractivity contribution in [1.82, 2.24) is 0 Å². The topological polar surface area (TPSA) is 49.8 Å². The van der Waals surface area contributed by atoms with Crippen molar-refractivity contribution < 1.29 is 14.6 Å². The van der Waals surface area contributed by atoms with Crippen LogP contribution < -0.4 is 0 Å². The summed E-state index contributed by atoms with van der Waals surface area (Å²) >= 11 is 0. The Balaban J connectivity index is 2.16. The monoisotopic (exact) mass is 130 g/mol. The van der Waals surface area contributed by atoms with E-state index in [2.05, 4.69) is 0 Å². The Hall–Kier alpha value is -0.410. The third kappa shape index (κ3) is 1.50. The van der Waals surface area contributed by atoms with Crippen molar-refractivity contribution >= 4 is 6.29 Å². The average Bonchev–Trinajstić information content (AvgIpc) is 2.47. The molecular weight excluding hydrogens is 120 g/mol. The number of carbonyl (C=O) groups excluding carboxylic acids is 1. The molecule has 1 heterocycles. The molecule has 9 heavy (non-hydrogen) atoms. The van der Waals surface area contributed by atoms with Gasteiger partial charge in [0.25, 0.3) is 0 Å². The highest BCUT2D eigenvalue weighted by molar-refractivity contribution is 5.51. The first-order chi connectivity index (χ1) is 4.25. The van der Waals surface area contributed by atoms with Crippen molar-refractivity contribution in [3.63, 3.8) is 0 Å². The molecule has 1 aliphatic rings. The van der Waals surface area contributed by atoms with Crippen molar-refractivity contribution in [1.29, 1.82) is 0 Å². The first-order valence-electron chi connectivity index (χ1n) is 3.03. The Bertz CT molecular complexity index is 111. The van der Waals surface area contributed by atoms with E-state index in [1.165, 1.54) is 0 Å². The van der Waals surface area contributed by atoms with Gasteiger partial charge in [-0.25, -0.2) is 0 Å². The summed E-state index contributed by atoms with van der Waals surface area (Å²) in [7, 11) is 0. The Morgan fingerprint density at radius 3 is 2.89 bits per heavy atom. The lowest BCUT2D eigenvalue weighted by Gasteiger charge is -1.93. The molecule has 0 radical (unpaired) electrons. The summed E-state index contributed by atoms with van der Waals surface area (Å²) in [5, 5.41) is 8.85. The van der Waals surface area contributed by atoms with E-state index in [1.54, 1.807) is 6.92 Å². The molecule has 3 heteroatoms. The number of aliphatic hydroxyl groups excluding tert-OH is 1. The number of rotatable bonds is 3. The van der Waals surface area contributed by atoms with Gasteiger partial charge in [-0.1, -0.05) is 0 Å². The molecule has 0 aliphatic carbocycles. The third-order valence-electron chi connectivity index (χ3n) is 1.43. The van der Waals surface area contributed by atoms with Gasteiger partial charge in [-0.2, -0.15) is 0 Å². The van der Waals surface area contributed by atoms with Crippen LogP contribution in [-0.4, -0.2) is 29.7 Å². The molecule has 0 aromatic carbocycles. The lowest BCUT2D eigenvalue weighted by Crippen LogP contribution is -2.11. The lowest BCUT2D eigenvalue weighted by atomic mass is 10.2. The minimum Gasteiger partial charge on any atom is -0.391 e. The highest BCUT2D eigenvalue weighted by atomic mass is 16.6. The van der Waals surface area contributed by atoms with Crippen LogP contribution in [-0.2, 0) is 9.53 Å². The van der Waals surface area contributed by atoms with Crippen molar-refractivity contribution in [2.45, 2.75) is 31.7 Å². The van der Waals surface area contributed by atoms with Crippen LogP contribution >= 0.6 is 0 Å². The van der Waals surface area contributed by atoms with Crippen LogP contribution in [0.5, 0.6) is 0 Å². The summed E-state index contributed by atoms with van der Waals surface area (Å²) < 4.78 is 4.94. The molecule has 0 bridgehead atoms. The second-order valence-corrected chi connectivity index (χ2v) is 2.28. The summed E-state index contributed by atoms with van der Waals surface area (Å²) in [6, 6.07) is 0. The number of epoxide rings is 1. The van der Waals surface area contributed by atoms with Crippen LogP contribution in [0, 0.1) is 0 Å². The van der Waals surface area contributed by atoms with Gasteiger partial charge in [0.15, 0.2) is 0 Å². The molecule has 3 nitrogen and oxygen atoms in total. The third-order valence-corrected chi connectivity index (χ3v) is 1.43. The maximum Gasteiger partial charge on any atom is 0.122 e. The molecule has 1 rings (SSSR count).